The van der Waals surface area contributed by atoms with E-state index in [0.29, 0.717) is 16.9 Å². The maximum absolute atomic E-state index is 13.8. The number of benzene rings is 2. The third kappa shape index (κ3) is 3.87. The van der Waals surface area contributed by atoms with Gasteiger partial charge in [-0.3, -0.25) is 14.9 Å². The number of ether oxygens (including phenoxy) is 1. The average molecular weight is 332 g/mol. The molecule has 0 aliphatic heterocycles. The summed E-state index contributed by atoms with van der Waals surface area (Å²) in [5, 5.41) is 13.6. The van der Waals surface area contributed by atoms with Crippen molar-refractivity contribution in [2.75, 3.05) is 13.7 Å². The number of nitrogens with one attached hydrogen (secondary N) is 1. The van der Waals surface area contributed by atoms with Gasteiger partial charge in [-0.1, -0.05) is 18.2 Å². The van der Waals surface area contributed by atoms with Crippen molar-refractivity contribution in [2.24, 2.45) is 0 Å². The Hall–Kier alpha value is -2.96. The summed E-state index contributed by atoms with van der Waals surface area (Å²) in [5.41, 5.74) is 0.716. The monoisotopic (exact) mass is 332 g/mol. The van der Waals surface area contributed by atoms with Gasteiger partial charge in [-0.05, 0) is 30.5 Å². The van der Waals surface area contributed by atoms with Crippen molar-refractivity contribution in [3.8, 4) is 5.75 Å². The average Bonchev–Trinajstić information content (AvgIpc) is 2.55. The predicted octanol–water partition coefficient (Wildman–Crippen LogP) is 3.02. The molecule has 6 nitrogen and oxygen atoms in total. The summed E-state index contributed by atoms with van der Waals surface area (Å²) in [5.74, 6) is -0.560. The summed E-state index contributed by atoms with van der Waals surface area (Å²) in [4.78, 5) is 22.7. The smallest absolute Gasteiger partial charge is 0.282 e. The molecule has 2 aromatic carbocycles. The zero-order valence-corrected chi connectivity index (χ0v) is 13.3. The number of amides is 1. The molecule has 0 saturated heterocycles. The second kappa shape index (κ2) is 7.54. The number of nitro groups is 1. The van der Waals surface area contributed by atoms with Crippen LogP contribution in [0.25, 0.3) is 0 Å². The lowest BCUT2D eigenvalue weighted by atomic mass is 10.1. The van der Waals surface area contributed by atoms with Crippen molar-refractivity contribution < 1.29 is 18.8 Å². The van der Waals surface area contributed by atoms with E-state index < -0.39 is 16.6 Å². The Morgan fingerprint density at radius 1 is 1.33 bits per heavy atom. The van der Waals surface area contributed by atoms with Crippen LogP contribution in [0.15, 0.2) is 36.4 Å². The van der Waals surface area contributed by atoms with Gasteiger partial charge in [0.1, 0.15) is 17.1 Å². The zero-order valence-electron chi connectivity index (χ0n) is 13.3. The largest absolute Gasteiger partial charge is 0.497 e. The highest BCUT2D eigenvalue weighted by Gasteiger charge is 2.21. The van der Waals surface area contributed by atoms with Crippen LogP contribution in [0, 0.1) is 22.9 Å². The number of nitro benzene ring substituents is 1. The van der Waals surface area contributed by atoms with Crippen LogP contribution in [-0.4, -0.2) is 24.5 Å². The number of rotatable bonds is 6. The maximum atomic E-state index is 13.8. The van der Waals surface area contributed by atoms with Crippen molar-refractivity contribution in [1.29, 1.82) is 0 Å². The van der Waals surface area contributed by atoms with Crippen LogP contribution in [0.4, 0.5) is 10.1 Å². The number of halogens is 1. The van der Waals surface area contributed by atoms with Crippen molar-refractivity contribution in [3.05, 3.63) is 69.0 Å². The van der Waals surface area contributed by atoms with Gasteiger partial charge in [-0.25, -0.2) is 4.39 Å². The Labute approximate surface area is 138 Å². The number of methoxy groups -OCH3 is 1. The van der Waals surface area contributed by atoms with Gasteiger partial charge in [0.05, 0.1) is 12.0 Å². The van der Waals surface area contributed by atoms with E-state index in [2.05, 4.69) is 5.32 Å². The third-order valence-corrected chi connectivity index (χ3v) is 3.61. The number of hydrogen-bond acceptors (Lipinski definition) is 4. The molecule has 0 spiro atoms. The topological polar surface area (TPSA) is 81.5 Å². The number of carbonyl (C=O) groups is 1. The Morgan fingerprint density at radius 3 is 2.71 bits per heavy atom. The molecule has 0 heterocycles. The molecule has 2 aromatic rings. The summed E-state index contributed by atoms with van der Waals surface area (Å²) in [6.45, 7) is 1.79. The fourth-order valence-corrected chi connectivity index (χ4v) is 2.36. The van der Waals surface area contributed by atoms with Crippen LogP contribution >= 0.6 is 0 Å². The van der Waals surface area contributed by atoms with E-state index in [4.69, 9.17) is 4.74 Å². The van der Waals surface area contributed by atoms with Crippen LogP contribution in [0.2, 0.25) is 0 Å². The molecule has 0 atom stereocenters. The molecule has 1 amide bonds. The lowest BCUT2D eigenvalue weighted by molar-refractivity contribution is -0.385. The standard InChI is InChI=1S/C17H17FN2O4/c1-11-4-3-5-15(20(22)23)16(11)17(21)19-9-8-12-6-7-13(24-2)10-14(12)18/h3-7,10H,8-9H2,1-2H3,(H,19,21). The van der Waals surface area contributed by atoms with E-state index >= 15 is 0 Å². The van der Waals surface area contributed by atoms with Gasteiger partial charge in [0, 0.05) is 18.7 Å². The Bertz CT molecular complexity index is 777. The second-order valence-electron chi connectivity index (χ2n) is 5.19. The van der Waals surface area contributed by atoms with Crippen LogP contribution in [-0.2, 0) is 6.42 Å². The number of carbonyl (C=O) groups excluding carboxylic acids is 1. The molecule has 7 heteroatoms. The molecule has 0 aromatic heterocycles. The molecule has 0 fully saturated rings. The molecule has 0 radical (unpaired) electrons. The molecule has 24 heavy (non-hydrogen) atoms. The van der Waals surface area contributed by atoms with Crippen LogP contribution in [0.1, 0.15) is 21.5 Å². The minimum atomic E-state index is -0.592. The number of aryl methyl sites for hydroxylation is 1. The summed E-state index contributed by atoms with van der Waals surface area (Å²) in [6.07, 6.45) is 0.265. The molecule has 0 bridgehead atoms. The van der Waals surface area contributed by atoms with Gasteiger partial charge < -0.3 is 10.1 Å². The molecule has 0 aliphatic carbocycles. The van der Waals surface area contributed by atoms with Crippen molar-refractivity contribution in [3.63, 3.8) is 0 Å². The molecule has 2 rings (SSSR count). The molecule has 126 valence electrons. The highest BCUT2D eigenvalue weighted by molar-refractivity contribution is 5.99. The van der Waals surface area contributed by atoms with E-state index in [1.165, 1.54) is 25.3 Å². The number of nitrogens with zero attached hydrogens (tertiary/aromatic N) is 1. The van der Waals surface area contributed by atoms with E-state index in [1.54, 1.807) is 25.1 Å². The minimum Gasteiger partial charge on any atom is -0.497 e. The summed E-state index contributed by atoms with van der Waals surface area (Å²) in [6, 6.07) is 8.92. The van der Waals surface area contributed by atoms with Gasteiger partial charge in [-0.2, -0.15) is 0 Å². The predicted molar refractivity (Wildman–Crippen MR) is 86.8 cm³/mol. The first-order valence-corrected chi connectivity index (χ1v) is 7.28. The van der Waals surface area contributed by atoms with Gasteiger partial charge in [-0.15, -0.1) is 0 Å². The third-order valence-electron chi connectivity index (χ3n) is 3.61. The Kier molecular flexibility index (Phi) is 5.47. The van der Waals surface area contributed by atoms with Gasteiger partial charge in [0.15, 0.2) is 0 Å². The first-order chi connectivity index (χ1) is 11.4. The number of hydrogen-bond donors (Lipinski definition) is 1. The highest BCUT2D eigenvalue weighted by Crippen LogP contribution is 2.21. The molecule has 1 N–H and O–H groups in total. The van der Waals surface area contributed by atoms with Crippen molar-refractivity contribution >= 4 is 11.6 Å². The fraction of sp³-hybridized carbons (Fsp3) is 0.235. The van der Waals surface area contributed by atoms with Crippen LogP contribution in [0.5, 0.6) is 5.75 Å². The first kappa shape index (κ1) is 17.4. The van der Waals surface area contributed by atoms with Gasteiger partial charge >= 0.3 is 0 Å². The van der Waals surface area contributed by atoms with E-state index in [1.807, 2.05) is 0 Å². The van der Waals surface area contributed by atoms with Gasteiger partial charge in [0.2, 0.25) is 0 Å². The normalized spacial score (nSPS) is 10.3. The summed E-state index contributed by atoms with van der Waals surface area (Å²) >= 11 is 0. The molecular weight excluding hydrogens is 315 g/mol. The quantitative estimate of drug-likeness (QED) is 0.651. The molecule has 0 aliphatic rings. The lowest BCUT2D eigenvalue weighted by Crippen LogP contribution is -2.27. The molecular formula is C17H17FN2O4. The Morgan fingerprint density at radius 2 is 2.08 bits per heavy atom. The van der Waals surface area contributed by atoms with Crippen LogP contribution < -0.4 is 10.1 Å². The lowest BCUT2D eigenvalue weighted by Gasteiger charge is -2.09. The highest BCUT2D eigenvalue weighted by atomic mass is 19.1. The summed E-state index contributed by atoms with van der Waals surface area (Å²) in [7, 11) is 1.45. The Balaban J connectivity index is 2.06. The summed E-state index contributed by atoms with van der Waals surface area (Å²) < 4.78 is 18.8. The zero-order chi connectivity index (χ0) is 17.7. The minimum absolute atomic E-state index is 0.0257. The van der Waals surface area contributed by atoms with Crippen LogP contribution in [0.3, 0.4) is 0 Å². The van der Waals surface area contributed by atoms with Crippen molar-refractivity contribution in [2.45, 2.75) is 13.3 Å². The maximum Gasteiger partial charge on any atom is 0.282 e. The first-order valence-electron chi connectivity index (χ1n) is 7.28. The molecule has 0 unspecified atom stereocenters. The fourth-order valence-electron chi connectivity index (χ4n) is 2.36. The van der Waals surface area contributed by atoms with E-state index in [-0.39, 0.29) is 24.2 Å². The van der Waals surface area contributed by atoms with Crippen molar-refractivity contribution in [1.82, 2.24) is 5.32 Å². The van der Waals surface area contributed by atoms with E-state index in [9.17, 15) is 19.3 Å². The molecule has 0 saturated carbocycles. The van der Waals surface area contributed by atoms with Gasteiger partial charge in [0.25, 0.3) is 11.6 Å². The second-order valence-corrected chi connectivity index (χ2v) is 5.19. The SMILES string of the molecule is COc1ccc(CCNC(=O)c2c(C)cccc2[N+](=O)[O-])c(F)c1. The van der Waals surface area contributed by atoms with E-state index in [0.717, 1.165) is 0 Å².